The Morgan fingerprint density at radius 3 is 2.58 bits per heavy atom. The molecular formula is C29H38ClFN5OP. The summed E-state index contributed by atoms with van der Waals surface area (Å²) in [5.41, 5.74) is 10.2. The van der Waals surface area contributed by atoms with Gasteiger partial charge < -0.3 is 20.9 Å². The molecule has 0 amide bonds. The van der Waals surface area contributed by atoms with Gasteiger partial charge in [0.25, 0.3) is 0 Å². The predicted octanol–water partition coefficient (Wildman–Crippen LogP) is 7.33. The second-order valence-electron chi connectivity index (χ2n) is 10.6. The number of nitrogens with zero attached hydrogens (tertiary/aromatic N) is 2. The van der Waals surface area contributed by atoms with Gasteiger partial charge in [0, 0.05) is 11.0 Å². The number of rotatable bonds is 10. The van der Waals surface area contributed by atoms with Crippen molar-refractivity contribution < 1.29 is 8.96 Å². The van der Waals surface area contributed by atoms with Crippen LogP contribution in [-0.4, -0.2) is 29.8 Å². The summed E-state index contributed by atoms with van der Waals surface area (Å²) in [4.78, 5) is 8.92. The van der Waals surface area contributed by atoms with Crippen LogP contribution in [0.25, 0.3) is 0 Å². The molecule has 6 nitrogen and oxygen atoms in total. The van der Waals surface area contributed by atoms with Crippen LogP contribution in [0.2, 0.25) is 5.02 Å². The van der Waals surface area contributed by atoms with Gasteiger partial charge in [0.15, 0.2) is 5.82 Å². The van der Waals surface area contributed by atoms with Gasteiger partial charge in [-0.05, 0) is 106 Å². The highest BCUT2D eigenvalue weighted by molar-refractivity contribution is 7.70. The number of anilines is 4. The number of nitrogens with one attached hydrogen (secondary N) is 2. The highest BCUT2D eigenvalue weighted by Gasteiger charge is 2.22. The Morgan fingerprint density at radius 2 is 1.84 bits per heavy atom. The van der Waals surface area contributed by atoms with Crippen LogP contribution in [0.15, 0.2) is 36.5 Å². The Hall–Kier alpha value is -2.47. The standard InChI is InChI=1S/C29H38ClFN5OP/c1-19-25(31)14-15-26(27(19)38(2,3)37)35-28-24(30)18-33-29(36-28)34-23-13-12-21-10-8-20(7-5-4-6-16-32)9-11-22(21)17-23/h12-15,17-18,20H,4-11,16,32H2,1-3H3,(H2,33,34,35,36)/t20-/m0/s1. The first-order valence-electron chi connectivity index (χ1n) is 13.4. The van der Waals surface area contributed by atoms with Crippen LogP contribution in [0, 0.1) is 18.7 Å². The van der Waals surface area contributed by atoms with Gasteiger partial charge in [-0.1, -0.05) is 36.9 Å². The van der Waals surface area contributed by atoms with E-state index in [0.29, 0.717) is 33.3 Å². The third-order valence-electron chi connectivity index (χ3n) is 7.32. The SMILES string of the molecule is Cc1c(F)ccc(Nc2nc(Nc3ccc4c(c3)CC[C@@H](CCCCCN)CC4)ncc2Cl)c1P(C)(C)=O. The van der Waals surface area contributed by atoms with Crippen molar-refractivity contribution in [3.63, 3.8) is 0 Å². The molecule has 0 bridgehead atoms. The minimum atomic E-state index is -2.78. The highest BCUT2D eigenvalue weighted by atomic mass is 35.5. The van der Waals surface area contributed by atoms with Crippen molar-refractivity contribution in [2.45, 2.75) is 58.3 Å². The molecule has 1 heterocycles. The third kappa shape index (κ3) is 7.13. The van der Waals surface area contributed by atoms with E-state index in [0.717, 1.165) is 37.4 Å². The van der Waals surface area contributed by atoms with E-state index in [4.69, 9.17) is 17.3 Å². The van der Waals surface area contributed by atoms with Gasteiger partial charge in [-0.3, -0.25) is 0 Å². The molecule has 0 saturated heterocycles. The van der Waals surface area contributed by atoms with Crippen LogP contribution in [-0.2, 0) is 17.4 Å². The first-order chi connectivity index (χ1) is 18.2. The molecule has 0 spiro atoms. The van der Waals surface area contributed by atoms with Crippen LogP contribution in [0.1, 0.15) is 55.2 Å². The number of nitrogens with two attached hydrogens (primary N) is 1. The zero-order valence-corrected chi connectivity index (χ0v) is 24.1. The lowest BCUT2D eigenvalue weighted by Gasteiger charge is -2.18. The Labute approximate surface area is 230 Å². The molecule has 3 aromatic rings. The molecule has 2 aromatic carbocycles. The minimum Gasteiger partial charge on any atom is -0.338 e. The van der Waals surface area contributed by atoms with Crippen molar-refractivity contribution in [2.75, 3.05) is 30.5 Å². The van der Waals surface area contributed by atoms with Gasteiger partial charge in [0.2, 0.25) is 5.95 Å². The number of aromatic nitrogens is 2. The van der Waals surface area contributed by atoms with E-state index in [9.17, 15) is 8.96 Å². The van der Waals surface area contributed by atoms with Crippen molar-refractivity contribution >= 4 is 47.2 Å². The normalized spacial score (nSPS) is 15.6. The topological polar surface area (TPSA) is 92.9 Å². The lowest BCUT2D eigenvalue weighted by Crippen LogP contribution is -2.16. The lowest BCUT2D eigenvalue weighted by molar-refractivity contribution is 0.411. The summed E-state index contributed by atoms with van der Waals surface area (Å²) in [6.45, 7) is 5.66. The summed E-state index contributed by atoms with van der Waals surface area (Å²) in [6.07, 6.45) is 11.1. The molecule has 1 atom stereocenters. The second-order valence-corrected chi connectivity index (χ2v) is 14.2. The number of unbranched alkanes of at least 4 members (excludes halogenated alkanes) is 2. The van der Waals surface area contributed by atoms with Crippen molar-refractivity contribution in [1.82, 2.24) is 9.97 Å². The van der Waals surface area contributed by atoms with Gasteiger partial charge in [-0.25, -0.2) is 9.37 Å². The smallest absolute Gasteiger partial charge is 0.229 e. The summed E-state index contributed by atoms with van der Waals surface area (Å²) in [5.74, 6) is 1.12. The average molecular weight is 558 g/mol. The van der Waals surface area contributed by atoms with Gasteiger partial charge in [0.05, 0.1) is 11.9 Å². The quantitative estimate of drug-likeness (QED) is 0.137. The molecule has 9 heteroatoms. The van der Waals surface area contributed by atoms with E-state index in [2.05, 4.69) is 38.8 Å². The lowest BCUT2D eigenvalue weighted by atomic mass is 9.93. The molecule has 4 N–H and O–H groups in total. The van der Waals surface area contributed by atoms with Gasteiger partial charge in [-0.2, -0.15) is 4.98 Å². The van der Waals surface area contributed by atoms with Gasteiger partial charge >= 0.3 is 0 Å². The first-order valence-corrected chi connectivity index (χ1v) is 16.4. The van der Waals surface area contributed by atoms with Crippen molar-refractivity contribution in [2.24, 2.45) is 11.7 Å². The van der Waals surface area contributed by atoms with E-state index >= 15 is 0 Å². The van der Waals surface area contributed by atoms with E-state index in [1.807, 2.05) is 0 Å². The summed E-state index contributed by atoms with van der Waals surface area (Å²) >= 11 is 6.40. The van der Waals surface area contributed by atoms with Crippen molar-refractivity contribution in [3.05, 3.63) is 64.1 Å². The Morgan fingerprint density at radius 1 is 1.08 bits per heavy atom. The fourth-order valence-electron chi connectivity index (χ4n) is 5.33. The maximum Gasteiger partial charge on any atom is 0.229 e. The molecule has 1 aliphatic carbocycles. The van der Waals surface area contributed by atoms with Crippen LogP contribution in [0.5, 0.6) is 0 Å². The monoisotopic (exact) mass is 557 g/mol. The third-order valence-corrected chi connectivity index (χ3v) is 9.25. The van der Waals surface area contributed by atoms with Crippen LogP contribution >= 0.6 is 18.7 Å². The zero-order chi connectivity index (χ0) is 27.3. The number of fused-ring (bicyclic) bond motifs is 1. The van der Waals surface area contributed by atoms with E-state index in [1.165, 1.54) is 55.5 Å². The molecule has 38 heavy (non-hydrogen) atoms. The van der Waals surface area contributed by atoms with Crippen LogP contribution in [0.3, 0.4) is 0 Å². The van der Waals surface area contributed by atoms with E-state index < -0.39 is 13.0 Å². The molecular weight excluding hydrogens is 520 g/mol. The van der Waals surface area contributed by atoms with Crippen LogP contribution < -0.4 is 21.7 Å². The summed E-state index contributed by atoms with van der Waals surface area (Å²) in [6, 6.07) is 9.39. The molecule has 204 valence electrons. The fourth-order valence-corrected chi connectivity index (χ4v) is 7.09. The molecule has 0 saturated carbocycles. The summed E-state index contributed by atoms with van der Waals surface area (Å²) in [7, 11) is -2.78. The Bertz CT molecular complexity index is 1330. The molecule has 0 radical (unpaired) electrons. The molecule has 1 aliphatic rings. The highest BCUT2D eigenvalue weighted by Crippen LogP contribution is 2.41. The average Bonchev–Trinajstić information content (AvgIpc) is 3.07. The van der Waals surface area contributed by atoms with E-state index in [1.54, 1.807) is 26.3 Å². The molecule has 0 aliphatic heterocycles. The van der Waals surface area contributed by atoms with Crippen molar-refractivity contribution in [1.29, 1.82) is 0 Å². The van der Waals surface area contributed by atoms with E-state index in [-0.39, 0.29) is 0 Å². The predicted molar refractivity (Wildman–Crippen MR) is 158 cm³/mol. The van der Waals surface area contributed by atoms with Crippen molar-refractivity contribution in [3.8, 4) is 0 Å². The van der Waals surface area contributed by atoms with Gasteiger partial charge in [-0.15, -0.1) is 0 Å². The first kappa shape index (κ1) is 28.5. The summed E-state index contributed by atoms with van der Waals surface area (Å²) in [5, 5.41) is 7.22. The second kappa shape index (κ2) is 12.6. The number of halogens is 2. The van der Waals surface area contributed by atoms with Gasteiger partial charge in [0.1, 0.15) is 18.0 Å². The molecule has 0 fully saturated rings. The minimum absolute atomic E-state index is 0.310. The number of hydrogen-bond donors (Lipinski definition) is 3. The van der Waals surface area contributed by atoms with Crippen LogP contribution in [0.4, 0.5) is 27.5 Å². The molecule has 4 rings (SSSR count). The number of hydrogen-bond acceptors (Lipinski definition) is 6. The maximum atomic E-state index is 14.2. The summed E-state index contributed by atoms with van der Waals surface area (Å²) < 4.78 is 27.2. The Balaban J connectivity index is 1.49. The zero-order valence-electron chi connectivity index (χ0n) is 22.5. The number of benzene rings is 2. The fraction of sp³-hybridized carbons (Fsp3) is 0.448. The Kier molecular flexibility index (Phi) is 9.45. The largest absolute Gasteiger partial charge is 0.338 e. The molecule has 0 unspecified atom stereocenters. The maximum absolute atomic E-state index is 14.2. The number of aryl methyl sites for hydroxylation is 2. The molecule has 1 aromatic heterocycles.